The van der Waals surface area contributed by atoms with Crippen LogP contribution in [0.2, 0.25) is 0 Å². The average molecular weight is 238 g/mol. The molecule has 2 nitrogen and oxygen atoms in total. The molecule has 0 bridgehead atoms. The zero-order valence-electron chi connectivity index (χ0n) is 12.1. The van der Waals surface area contributed by atoms with Gasteiger partial charge in [-0.15, -0.1) is 0 Å². The number of likely N-dealkylation sites (tertiary alicyclic amines) is 1. The third-order valence-corrected chi connectivity index (χ3v) is 4.47. The zero-order chi connectivity index (χ0) is 12.5. The van der Waals surface area contributed by atoms with Gasteiger partial charge in [0, 0.05) is 25.2 Å². The van der Waals surface area contributed by atoms with Gasteiger partial charge in [-0.25, -0.2) is 0 Å². The molecule has 0 spiro atoms. The van der Waals surface area contributed by atoms with Crippen molar-refractivity contribution >= 4 is 0 Å². The van der Waals surface area contributed by atoms with Crippen molar-refractivity contribution < 1.29 is 0 Å². The molecule has 17 heavy (non-hydrogen) atoms. The van der Waals surface area contributed by atoms with Crippen LogP contribution in [0.25, 0.3) is 0 Å². The summed E-state index contributed by atoms with van der Waals surface area (Å²) in [6.45, 7) is 9.76. The zero-order valence-corrected chi connectivity index (χ0v) is 12.1. The van der Waals surface area contributed by atoms with Gasteiger partial charge in [-0.2, -0.15) is 0 Å². The summed E-state index contributed by atoms with van der Waals surface area (Å²) in [5.41, 5.74) is 0.478. The summed E-state index contributed by atoms with van der Waals surface area (Å²) in [6.07, 6.45) is 7.08. The fraction of sp³-hybridized carbons (Fsp3) is 1.00. The van der Waals surface area contributed by atoms with Crippen molar-refractivity contribution in [1.82, 2.24) is 10.2 Å². The van der Waals surface area contributed by atoms with E-state index in [1.54, 1.807) is 0 Å². The number of hydrogen-bond donors (Lipinski definition) is 1. The Bertz CT molecular complexity index is 240. The summed E-state index contributed by atoms with van der Waals surface area (Å²) in [5, 5.41) is 3.51. The van der Waals surface area contributed by atoms with Crippen LogP contribution < -0.4 is 5.32 Å². The van der Waals surface area contributed by atoms with Crippen LogP contribution in [0.1, 0.15) is 52.9 Å². The molecule has 0 radical (unpaired) electrons. The second kappa shape index (κ2) is 5.27. The van der Waals surface area contributed by atoms with E-state index in [4.69, 9.17) is 0 Å². The van der Waals surface area contributed by atoms with E-state index in [0.717, 1.165) is 18.0 Å². The van der Waals surface area contributed by atoms with Gasteiger partial charge in [0.15, 0.2) is 0 Å². The molecule has 1 saturated heterocycles. The van der Waals surface area contributed by atoms with Crippen molar-refractivity contribution in [2.75, 3.05) is 20.1 Å². The van der Waals surface area contributed by atoms with Crippen molar-refractivity contribution in [2.24, 2.45) is 11.3 Å². The molecule has 1 N–H and O–H groups in total. The largest absolute Gasteiger partial charge is 0.316 e. The van der Waals surface area contributed by atoms with Crippen molar-refractivity contribution in [3.8, 4) is 0 Å². The molecule has 1 aliphatic carbocycles. The first kappa shape index (κ1) is 13.4. The molecule has 1 aliphatic heterocycles. The lowest BCUT2D eigenvalue weighted by Gasteiger charge is -2.46. The molecule has 0 aromatic carbocycles. The molecule has 1 heterocycles. The fourth-order valence-electron chi connectivity index (χ4n) is 3.51. The van der Waals surface area contributed by atoms with Gasteiger partial charge in [0.05, 0.1) is 0 Å². The number of hydrogen-bond acceptors (Lipinski definition) is 2. The SMILES string of the molecule is CNC1CC(CC(C)(C)C)CN(C2CCC2)C1. The van der Waals surface area contributed by atoms with Crippen molar-refractivity contribution in [1.29, 1.82) is 0 Å². The maximum Gasteiger partial charge on any atom is 0.0195 e. The minimum atomic E-state index is 0.478. The Hall–Kier alpha value is -0.0800. The molecule has 0 amide bonds. The van der Waals surface area contributed by atoms with Gasteiger partial charge in [0.2, 0.25) is 0 Å². The minimum Gasteiger partial charge on any atom is -0.316 e. The van der Waals surface area contributed by atoms with Crippen LogP contribution in [0, 0.1) is 11.3 Å². The first-order valence-corrected chi connectivity index (χ1v) is 7.39. The van der Waals surface area contributed by atoms with Crippen LogP contribution in [0.5, 0.6) is 0 Å². The quantitative estimate of drug-likeness (QED) is 0.813. The lowest BCUT2D eigenvalue weighted by molar-refractivity contribution is 0.0479. The van der Waals surface area contributed by atoms with Gasteiger partial charge < -0.3 is 5.32 Å². The van der Waals surface area contributed by atoms with Crippen LogP contribution in [-0.4, -0.2) is 37.1 Å². The normalized spacial score (nSPS) is 32.5. The highest BCUT2D eigenvalue weighted by molar-refractivity contribution is 4.90. The third kappa shape index (κ3) is 3.69. The lowest BCUT2D eigenvalue weighted by atomic mass is 9.78. The second-order valence-corrected chi connectivity index (χ2v) is 7.39. The van der Waals surface area contributed by atoms with Gasteiger partial charge in [-0.1, -0.05) is 27.2 Å². The van der Waals surface area contributed by atoms with Crippen molar-refractivity contribution in [3.05, 3.63) is 0 Å². The van der Waals surface area contributed by atoms with Crippen LogP contribution in [0.15, 0.2) is 0 Å². The minimum absolute atomic E-state index is 0.478. The van der Waals surface area contributed by atoms with E-state index in [1.807, 2.05) is 0 Å². The molecule has 100 valence electrons. The highest BCUT2D eigenvalue weighted by Gasteiger charge is 2.34. The standard InChI is InChI=1S/C15H30N2/c1-15(2,3)9-12-8-13(16-4)11-17(10-12)14-6-5-7-14/h12-14,16H,5-11H2,1-4H3. The molecular formula is C15H30N2. The van der Waals surface area contributed by atoms with E-state index in [-0.39, 0.29) is 0 Å². The van der Waals surface area contributed by atoms with Crippen molar-refractivity contribution in [2.45, 2.75) is 65.0 Å². The lowest BCUT2D eigenvalue weighted by Crippen LogP contribution is -2.54. The van der Waals surface area contributed by atoms with E-state index in [2.05, 4.69) is 38.0 Å². The highest BCUT2D eigenvalue weighted by Crippen LogP contribution is 2.34. The number of nitrogens with one attached hydrogen (secondary N) is 1. The van der Waals surface area contributed by atoms with Gasteiger partial charge in [-0.05, 0) is 44.1 Å². The first-order valence-electron chi connectivity index (χ1n) is 7.39. The van der Waals surface area contributed by atoms with E-state index in [9.17, 15) is 0 Å². The summed E-state index contributed by atoms with van der Waals surface area (Å²) in [4.78, 5) is 2.77. The summed E-state index contributed by atoms with van der Waals surface area (Å²) in [7, 11) is 2.13. The number of piperidine rings is 1. The predicted octanol–water partition coefficient (Wildman–Crippen LogP) is 2.89. The van der Waals surface area contributed by atoms with Crippen LogP contribution in [0.4, 0.5) is 0 Å². The summed E-state index contributed by atoms with van der Waals surface area (Å²) < 4.78 is 0. The van der Waals surface area contributed by atoms with E-state index in [0.29, 0.717) is 5.41 Å². The van der Waals surface area contributed by atoms with E-state index >= 15 is 0 Å². The van der Waals surface area contributed by atoms with Crippen LogP contribution in [0.3, 0.4) is 0 Å². The number of nitrogens with zero attached hydrogens (tertiary/aromatic N) is 1. The topological polar surface area (TPSA) is 15.3 Å². The molecule has 0 aromatic rings. The van der Waals surface area contributed by atoms with Gasteiger partial charge >= 0.3 is 0 Å². The summed E-state index contributed by atoms with van der Waals surface area (Å²) in [5.74, 6) is 0.891. The fourth-order valence-corrected chi connectivity index (χ4v) is 3.51. The number of likely N-dealkylation sites (N-methyl/N-ethyl adjacent to an activating group) is 1. The Morgan fingerprint density at radius 2 is 1.88 bits per heavy atom. The molecule has 2 fully saturated rings. The van der Waals surface area contributed by atoms with Crippen molar-refractivity contribution in [3.63, 3.8) is 0 Å². The summed E-state index contributed by atoms with van der Waals surface area (Å²) in [6, 6.07) is 1.63. The molecule has 2 heteroatoms. The monoisotopic (exact) mass is 238 g/mol. The van der Waals surface area contributed by atoms with Gasteiger partial charge in [0.1, 0.15) is 0 Å². The van der Waals surface area contributed by atoms with Crippen LogP contribution >= 0.6 is 0 Å². The number of rotatable bonds is 3. The molecule has 1 saturated carbocycles. The molecule has 2 unspecified atom stereocenters. The average Bonchev–Trinajstić information content (AvgIpc) is 2.11. The maximum absolute atomic E-state index is 3.51. The smallest absolute Gasteiger partial charge is 0.0195 e. The Labute approximate surface area is 107 Å². The Morgan fingerprint density at radius 1 is 1.18 bits per heavy atom. The first-order chi connectivity index (χ1) is 7.98. The van der Waals surface area contributed by atoms with E-state index < -0.39 is 0 Å². The molecule has 2 rings (SSSR count). The Morgan fingerprint density at radius 3 is 2.35 bits per heavy atom. The Kier molecular flexibility index (Phi) is 4.14. The van der Waals surface area contributed by atoms with E-state index in [1.165, 1.54) is 45.2 Å². The Balaban J connectivity index is 1.92. The summed E-state index contributed by atoms with van der Waals surface area (Å²) >= 11 is 0. The third-order valence-electron chi connectivity index (χ3n) is 4.47. The van der Waals surface area contributed by atoms with Gasteiger partial charge in [-0.3, -0.25) is 4.90 Å². The second-order valence-electron chi connectivity index (χ2n) is 7.39. The molecule has 0 aromatic heterocycles. The maximum atomic E-state index is 3.51. The molecule has 2 aliphatic rings. The molecule has 2 atom stereocenters. The highest BCUT2D eigenvalue weighted by atomic mass is 15.2. The van der Waals surface area contributed by atoms with Crippen LogP contribution in [-0.2, 0) is 0 Å². The van der Waals surface area contributed by atoms with Gasteiger partial charge in [0.25, 0.3) is 0 Å². The molecular weight excluding hydrogens is 208 g/mol. The predicted molar refractivity (Wildman–Crippen MR) is 74.2 cm³/mol.